The van der Waals surface area contributed by atoms with Gasteiger partial charge in [0.15, 0.2) is 5.82 Å². The van der Waals surface area contributed by atoms with Crippen LogP contribution in [0.3, 0.4) is 0 Å². The molecular weight excluding hydrogens is 511 g/mol. The van der Waals surface area contributed by atoms with Gasteiger partial charge in [-0.15, -0.1) is 4.80 Å². The van der Waals surface area contributed by atoms with Gasteiger partial charge in [0.1, 0.15) is 15.9 Å². The average molecular weight is 534 g/mol. The molecule has 37 heavy (non-hydrogen) atoms. The molecule has 2 N–H and O–H groups in total. The van der Waals surface area contributed by atoms with Crippen molar-refractivity contribution >= 4 is 44.8 Å². The number of hydrogen-bond donors (Lipinski definition) is 2. The molecule has 0 aliphatic heterocycles. The number of fused-ring (bicyclic) bond motifs is 1. The molecule has 0 aromatic carbocycles. The molecule has 2 amide bonds. The summed E-state index contributed by atoms with van der Waals surface area (Å²) in [5, 5.41) is 13.4. The molecule has 11 nitrogen and oxygen atoms in total. The molecule has 0 unspecified atom stereocenters. The van der Waals surface area contributed by atoms with Gasteiger partial charge < -0.3 is 20.3 Å². The molecule has 4 aromatic heterocycles. The van der Waals surface area contributed by atoms with E-state index >= 15 is 0 Å². The third-order valence-electron chi connectivity index (χ3n) is 5.60. The second-order valence-electron chi connectivity index (χ2n) is 8.32. The predicted molar refractivity (Wildman–Crippen MR) is 131 cm³/mol. The lowest BCUT2D eigenvalue weighted by atomic mass is 10.2. The van der Waals surface area contributed by atoms with Crippen LogP contribution in [-0.2, 0) is 10.9 Å². The lowest BCUT2D eigenvalue weighted by Crippen LogP contribution is -2.31. The van der Waals surface area contributed by atoms with E-state index in [0.717, 1.165) is 39.7 Å². The van der Waals surface area contributed by atoms with Crippen LogP contribution in [-0.4, -0.2) is 62.3 Å². The van der Waals surface area contributed by atoms with Gasteiger partial charge in [-0.2, -0.15) is 23.4 Å². The normalized spacial score (nSPS) is 13.6. The minimum Gasteiger partial charge on any atom is -0.383 e. The van der Waals surface area contributed by atoms with Crippen LogP contribution in [0.1, 0.15) is 23.4 Å². The maximum absolute atomic E-state index is 13.7. The third-order valence-corrected chi connectivity index (χ3v) is 6.48. The van der Waals surface area contributed by atoms with E-state index in [0.29, 0.717) is 30.0 Å². The van der Waals surface area contributed by atoms with Gasteiger partial charge in [-0.3, -0.25) is 0 Å². The van der Waals surface area contributed by atoms with Crippen molar-refractivity contribution in [2.45, 2.75) is 32.0 Å². The van der Waals surface area contributed by atoms with Crippen molar-refractivity contribution in [3.8, 4) is 5.82 Å². The Morgan fingerprint density at radius 1 is 1.22 bits per heavy atom. The lowest BCUT2D eigenvalue weighted by molar-refractivity contribution is -0.137. The molecule has 5 rings (SSSR count). The SMILES string of the molecule is COCCN(c1c(NC(=O)Nc2cnc(-n3nccn3)c(C(F)(F)F)c2)cnc2sc(C)nc12)C1CC1. The molecule has 194 valence electrons. The number of rotatable bonds is 8. The average Bonchev–Trinajstić information content (AvgIpc) is 3.39. The predicted octanol–water partition coefficient (Wildman–Crippen LogP) is 4.25. The van der Waals surface area contributed by atoms with Crippen molar-refractivity contribution in [1.29, 1.82) is 0 Å². The molecule has 0 saturated heterocycles. The summed E-state index contributed by atoms with van der Waals surface area (Å²) in [6.45, 7) is 2.92. The first kappa shape index (κ1) is 24.8. The van der Waals surface area contributed by atoms with Crippen molar-refractivity contribution in [3.63, 3.8) is 0 Å². The van der Waals surface area contributed by atoms with E-state index in [1.165, 1.54) is 29.9 Å². The highest BCUT2D eigenvalue weighted by Gasteiger charge is 2.36. The van der Waals surface area contributed by atoms with Crippen LogP contribution >= 0.6 is 11.3 Å². The number of nitrogens with one attached hydrogen (secondary N) is 2. The van der Waals surface area contributed by atoms with Gasteiger partial charge in [0.25, 0.3) is 0 Å². The van der Waals surface area contributed by atoms with Gasteiger partial charge >= 0.3 is 12.2 Å². The highest BCUT2D eigenvalue weighted by Crippen LogP contribution is 2.41. The minimum atomic E-state index is -4.75. The Bertz CT molecular complexity index is 1420. The Morgan fingerprint density at radius 2 is 1.97 bits per heavy atom. The molecule has 0 bridgehead atoms. The van der Waals surface area contributed by atoms with Crippen LogP contribution in [0.15, 0.2) is 30.9 Å². The number of hydrogen-bond acceptors (Lipinski definition) is 9. The van der Waals surface area contributed by atoms with Crippen LogP contribution in [0, 0.1) is 6.92 Å². The van der Waals surface area contributed by atoms with Crippen LogP contribution in [0.2, 0.25) is 0 Å². The largest absolute Gasteiger partial charge is 0.420 e. The van der Waals surface area contributed by atoms with Crippen molar-refractivity contribution < 1.29 is 22.7 Å². The summed E-state index contributed by atoms with van der Waals surface area (Å²) in [7, 11) is 1.61. The van der Waals surface area contributed by atoms with Crippen LogP contribution < -0.4 is 15.5 Å². The summed E-state index contributed by atoms with van der Waals surface area (Å²) in [5.74, 6) is -0.502. The van der Waals surface area contributed by atoms with E-state index in [4.69, 9.17) is 4.74 Å². The Labute approximate surface area is 212 Å². The topological polar surface area (TPSA) is 123 Å². The van der Waals surface area contributed by atoms with Gasteiger partial charge in [0, 0.05) is 19.7 Å². The summed E-state index contributed by atoms with van der Waals surface area (Å²) in [5.41, 5.74) is 0.500. The number of amides is 2. The minimum absolute atomic E-state index is 0.153. The van der Waals surface area contributed by atoms with Crippen LogP contribution in [0.5, 0.6) is 0 Å². The van der Waals surface area contributed by atoms with Crippen LogP contribution in [0.4, 0.5) is 35.0 Å². The third kappa shape index (κ3) is 5.32. The number of aryl methyl sites for hydroxylation is 1. The van der Waals surface area contributed by atoms with E-state index in [9.17, 15) is 18.0 Å². The van der Waals surface area contributed by atoms with Crippen molar-refractivity contribution in [2.75, 3.05) is 35.8 Å². The van der Waals surface area contributed by atoms with Crippen LogP contribution in [0.25, 0.3) is 16.2 Å². The Hall–Kier alpha value is -3.85. The number of urea groups is 1. The number of carbonyl (C=O) groups is 1. The molecule has 1 saturated carbocycles. The highest BCUT2D eigenvalue weighted by molar-refractivity contribution is 7.18. The molecule has 1 aliphatic carbocycles. The maximum atomic E-state index is 13.7. The van der Waals surface area contributed by atoms with Gasteiger partial charge in [-0.05, 0) is 25.8 Å². The zero-order chi connectivity index (χ0) is 26.2. The second kappa shape index (κ2) is 9.89. The number of pyridine rings is 2. The number of aromatic nitrogens is 6. The maximum Gasteiger partial charge on any atom is 0.420 e. The Balaban J connectivity index is 1.44. The molecule has 0 atom stereocenters. The molecule has 4 aromatic rings. The first-order chi connectivity index (χ1) is 17.7. The van der Waals surface area contributed by atoms with Crippen molar-refractivity contribution in [2.24, 2.45) is 0 Å². The number of anilines is 3. The Kier molecular flexibility index (Phi) is 6.64. The number of halogens is 3. The van der Waals surface area contributed by atoms with Gasteiger partial charge in [0.2, 0.25) is 0 Å². The van der Waals surface area contributed by atoms with E-state index in [1.807, 2.05) is 6.92 Å². The molecule has 1 fully saturated rings. The summed E-state index contributed by atoms with van der Waals surface area (Å²) < 4.78 is 46.4. The van der Waals surface area contributed by atoms with Gasteiger partial charge in [0.05, 0.1) is 53.5 Å². The fraction of sp³-hybridized carbons (Fsp3) is 0.364. The summed E-state index contributed by atoms with van der Waals surface area (Å²) in [6, 6.07) is 0.303. The number of ether oxygens (including phenoxy) is 1. The second-order valence-corrected chi connectivity index (χ2v) is 9.50. The molecule has 15 heteroatoms. The first-order valence-electron chi connectivity index (χ1n) is 11.3. The van der Waals surface area contributed by atoms with Crippen molar-refractivity contribution in [3.05, 3.63) is 41.4 Å². The first-order valence-corrected chi connectivity index (χ1v) is 12.1. The number of thiazole rings is 1. The number of carbonyl (C=O) groups excluding carboxylic acids is 1. The number of nitrogens with zero attached hydrogens (tertiary/aromatic N) is 7. The Morgan fingerprint density at radius 3 is 2.65 bits per heavy atom. The quantitative estimate of drug-likeness (QED) is 0.345. The van der Waals surface area contributed by atoms with E-state index in [2.05, 4.69) is 40.7 Å². The molecular formula is C22H22F3N9O2S. The number of alkyl halides is 3. The molecule has 0 radical (unpaired) electrons. The van der Waals surface area contributed by atoms with E-state index < -0.39 is 23.6 Å². The van der Waals surface area contributed by atoms with Crippen molar-refractivity contribution in [1.82, 2.24) is 29.9 Å². The van der Waals surface area contributed by atoms with Gasteiger partial charge in [-0.1, -0.05) is 11.3 Å². The highest BCUT2D eigenvalue weighted by atomic mass is 32.1. The fourth-order valence-electron chi connectivity index (χ4n) is 3.91. The summed E-state index contributed by atoms with van der Waals surface area (Å²) in [4.78, 5) is 29.4. The summed E-state index contributed by atoms with van der Waals surface area (Å²) >= 11 is 1.44. The zero-order valence-electron chi connectivity index (χ0n) is 19.8. The summed E-state index contributed by atoms with van der Waals surface area (Å²) in [6.07, 6.45) is 2.35. The zero-order valence-corrected chi connectivity index (χ0v) is 20.6. The molecule has 4 heterocycles. The molecule has 0 spiro atoms. The van der Waals surface area contributed by atoms with E-state index in [-0.39, 0.29) is 11.7 Å². The van der Waals surface area contributed by atoms with E-state index in [1.54, 1.807) is 7.11 Å². The fourth-order valence-corrected chi connectivity index (χ4v) is 4.67. The monoisotopic (exact) mass is 533 g/mol. The lowest BCUT2D eigenvalue weighted by Gasteiger charge is -2.27. The molecule has 1 aliphatic rings. The standard InChI is InChI=1S/C22H22F3N9O2S/c1-12-30-17-18(33(7-8-36-2)14-3-4-14)16(11-27-20(17)37-12)32-21(35)31-13-9-15(22(23,24)25)19(26-10-13)34-28-5-6-29-34/h5-6,9-11,14H,3-4,7-8H2,1-2H3,(H2,31,32,35). The number of methoxy groups -OCH3 is 1. The smallest absolute Gasteiger partial charge is 0.383 e. The van der Waals surface area contributed by atoms with Gasteiger partial charge in [-0.25, -0.2) is 19.7 Å².